The first-order valence-corrected chi connectivity index (χ1v) is 6.16. The largest absolute Gasteiger partial charge is 0.384 e. The fourth-order valence-corrected chi connectivity index (χ4v) is 1.43. The molecule has 6 heteroatoms. The van der Waals surface area contributed by atoms with Crippen LogP contribution in [0.4, 0.5) is 16.2 Å². The van der Waals surface area contributed by atoms with E-state index in [1.165, 1.54) is 6.20 Å². The average molecular weight is 256 g/mol. The summed E-state index contributed by atoms with van der Waals surface area (Å²) in [5.41, 5.74) is 0. The molecule has 0 saturated heterocycles. The summed E-state index contributed by atoms with van der Waals surface area (Å²) in [6.07, 6.45) is 2.14. The summed E-state index contributed by atoms with van der Waals surface area (Å²) in [5, 5.41) is 5.99. The van der Waals surface area contributed by atoms with Gasteiger partial charge in [0.05, 0.1) is 12.8 Å². The van der Waals surface area contributed by atoms with Gasteiger partial charge in [-0.05, 0) is 12.3 Å². The number of nitrogens with one attached hydrogen (secondary N) is 2. The van der Waals surface area contributed by atoms with Crippen molar-refractivity contribution in [1.82, 2.24) is 9.97 Å². The Morgan fingerprint density at radius 1 is 1.44 bits per heavy atom. The van der Waals surface area contributed by atoms with Crippen molar-refractivity contribution in [2.45, 2.75) is 20.3 Å². The zero-order chi connectivity index (χ0) is 13.4. The molecule has 1 heterocycles. The molecule has 0 aliphatic heterocycles. The number of methoxy groups -OCH3 is 1. The van der Waals surface area contributed by atoms with Crippen LogP contribution in [-0.4, -0.2) is 36.8 Å². The molecule has 0 radical (unpaired) electrons. The molecule has 1 aromatic rings. The molecule has 102 valence electrons. The van der Waals surface area contributed by atoms with Gasteiger partial charge in [-0.1, -0.05) is 13.8 Å². The van der Waals surface area contributed by atoms with Crippen molar-refractivity contribution in [3.8, 4) is 0 Å². The van der Waals surface area contributed by atoms with Gasteiger partial charge < -0.3 is 15.4 Å². The van der Waals surface area contributed by atoms with E-state index in [9.17, 15) is 4.39 Å². The summed E-state index contributed by atoms with van der Waals surface area (Å²) >= 11 is 0. The molecule has 0 aliphatic rings. The summed E-state index contributed by atoms with van der Waals surface area (Å²) in [5.74, 6) is 0.518. The van der Waals surface area contributed by atoms with Crippen molar-refractivity contribution in [2.75, 3.05) is 37.4 Å². The van der Waals surface area contributed by atoms with Crippen LogP contribution in [0, 0.1) is 11.7 Å². The molecule has 0 spiro atoms. The van der Waals surface area contributed by atoms with Gasteiger partial charge in [0.25, 0.3) is 0 Å². The Bertz CT molecular complexity index is 362. The zero-order valence-electron chi connectivity index (χ0n) is 11.2. The van der Waals surface area contributed by atoms with Crippen molar-refractivity contribution in [3.05, 3.63) is 12.0 Å². The highest BCUT2D eigenvalue weighted by Gasteiger charge is 2.08. The Morgan fingerprint density at radius 3 is 2.89 bits per heavy atom. The molecule has 5 nitrogen and oxygen atoms in total. The van der Waals surface area contributed by atoms with Gasteiger partial charge >= 0.3 is 0 Å². The lowest BCUT2D eigenvalue weighted by Crippen LogP contribution is -2.18. The van der Waals surface area contributed by atoms with Gasteiger partial charge in [-0.25, -0.2) is 9.37 Å². The van der Waals surface area contributed by atoms with Crippen molar-refractivity contribution >= 4 is 11.8 Å². The molecular weight excluding hydrogens is 235 g/mol. The molecule has 0 aromatic carbocycles. The number of nitrogens with zero attached hydrogens (tertiary/aromatic N) is 2. The molecule has 0 fully saturated rings. The lowest BCUT2D eigenvalue weighted by atomic mass is 10.2. The molecule has 0 amide bonds. The third-order valence-corrected chi connectivity index (χ3v) is 2.35. The minimum absolute atomic E-state index is 0.228. The quantitative estimate of drug-likeness (QED) is 0.746. The monoisotopic (exact) mass is 256 g/mol. The van der Waals surface area contributed by atoms with Gasteiger partial charge in [-0.2, -0.15) is 4.98 Å². The van der Waals surface area contributed by atoms with Gasteiger partial charge in [0.1, 0.15) is 0 Å². The second-order valence-corrected chi connectivity index (χ2v) is 4.26. The highest BCUT2D eigenvalue weighted by molar-refractivity contribution is 5.40. The van der Waals surface area contributed by atoms with E-state index in [0.29, 0.717) is 19.1 Å². The van der Waals surface area contributed by atoms with E-state index < -0.39 is 5.82 Å². The maximum atomic E-state index is 13.5. The Labute approximate surface area is 107 Å². The SMILES string of the molecule is CCCNc1ncc(F)c(NCC(C)COC)n1. The standard InChI is InChI=1S/C12H21FN4O/c1-4-5-14-12-16-7-10(13)11(17-12)15-6-9(2)8-18-3/h7,9H,4-6,8H2,1-3H3,(H2,14,15,16,17). The van der Waals surface area contributed by atoms with Gasteiger partial charge in [0.2, 0.25) is 5.95 Å². The summed E-state index contributed by atoms with van der Waals surface area (Å²) in [6, 6.07) is 0. The predicted octanol–water partition coefficient (Wildman–Crippen LogP) is 2.13. The fraction of sp³-hybridized carbons (Fsp3) is 0.667. The zero-order valence-corrected chi connectivity index (χ0v) is 11.2. The molecular formula is C12H21FN4O. The number of halogens is 1. The normalized spacial score (nSPS) is 12.2. The first kappa shape index (κ1) is 14.6. The van der Waals surface area contributed by atoms with Crippen LogP contribution in [0.5, 0.6) is 0 Å². The Kier molecular flexibility index (Phi) is 6.35. The summed E-state index contributed by atoms with van der Waals surface area (Å²) < 4.78 is 18.5. The van der Waals surface area contributed by atoms with Crippen LogP contribution in [-0.2, 0) is 4.74 Å². The van der Waals surface area contributed by atoms with Gasteiger partial charge in [0.15, 0.2) is 11.6 Å². The number of aromatic nitrogens is 2. The highest BCUT2D eigenvalue weighted by atomic mass is 19.1. The third kappa shape index (κ3) is 4.83. The van der Waals surface area contributed by atoms with Crippen LogP contribution < -0.4 is 10.6 Å². The minimum atomic E-state index is -0.443. The van der Waals surface area contributed by atoms with Crippen LogP contribution in [0.2, 0.25) is 0 Å². The van der Waals surface area contributed by atoms with E-state index in [1.54, 1.807) is 7.11 Å². The number of anilines is 2. The van der Waals surface area contributed by atoms with Crippen molar-refractivity contribution in [2.24, 2.45) is 5.92 Å². The molecule has 18 heavy (non-hydrogen) atoms. The summed E-state index contributed by atoms with van der Waals surface area (Å²) in [4.78, 5) is 7.97. The van der Waals surface area contributed by atoms with E-state index in [-0.39, 0.29) is 11.7 Å². The highest BCUT2D eigenvalue weighted by Crippen LogP contribution is 2.12. The van der Waals surface area contributed by atoms with Gasteiger partial charge in [-0.3, -0.25) is 0 Å². The van der Waals surface area contributed by atoms with Crippen LogP contribution in [0.25, 0.3) is 0 Å². The molecule has 1 atom stereocenters. The molecule has 1 aromatic heterocycles. The number of hydrogen-bond acceptors (Lipinski definition) is 5. The molecule has 0 aliphatic carbocycles. The second-order valence-electron chi connectivity index (χ2n) is 4.26. The van der Waals surface area contributed by atoms with Gasteiger partial charge in [-0.15, -0.1) is 0 Å². The molecule has 0 saturated carbocycles. The topological polar surface area (TPSA) is 59.1 Å². The third-order valence-electron chi connectivity index (χ3n) is 2.35. The molecule has 2 N–H and O–H groups in total. The smallest absolute Gasteiger partial charge is 0.224 e. The lowest BCUT2D eigenvalue weighted by Gasteiger charge is -2.13. The number of rotatable bonds is 8. The van der Waals surface area contributed by atoms with Crippen LogP contribution >= 0.6 is 0 Å². The average Bonchev–Trinajstić information content (AvgIpc) is 2.36. The fourth-order valence-electron chi connectivity index (χ4n) is 1.43. The number of ether oxygens (including phenoxy) is 1. The van der Waals surface area contributed by atoms with E-state index in [1.807, 2.05) is 13.8 Å². The van der Waals surface area contributed by atoms with Crippen molar-refractivity contribution in [1.29, 1.82) is 0 Å². The molecule has 0 bridgehead atoms. The summed E-state index contributed by atoms with van der Waals surface area (Å²) in [6.45, 7) is 6.06. The van der Waals surface area contributed by atoms with Crippen molar-refractivity contribution in [3.63, 3.8) is 0 Å². The van der Waals surface area contributed by atoms with E-state index in [0.717, 1.165) is 13.0 Å². The second kappa shape index (κ2) is 7.81. The van der Waals surface area contributed by atoms with E-state index >= 15 is 0 Å². The molecule has 1 unspecified atom stereocenters. The van der Waals surface area contributed by atoms with Crippen LogP contribution in [0.1, 0.15) is 20.3 Å². The van der Waals surface area contributed by atoms with E-state index in [2.05, 4.69) is 20.6 Å². The Balaban J connectivity index is 2.57. The first-order chi connectivity index (χ1) is 8.67. The number of hydrogen-bond donors (Lipinski definition) is 2. The maximum Gasteiger partial charge on any atom is 0.224 e. The summed E-state index contributed by atoms with van der Waals surface area (Å²) in [7, 11) is 1.65. The maximum absolute atomic E-state index is 13.5. The van der Waals surface area contributed by atoms with Crippen molar-refractivity contribution < 1.29 is 9.13 Å². The predicted molar refractivity (Wildman–Crippen MR) is 70.3 cm³/mol. The first-order valence-electron chi connectivity index (χ1n) is 6.16. The van der Waals surface area contributed by atoms with Crippen LogP contribution in [0.3, 0.4) is 0 Å². The lowest BCUT2D eigenvalue weighted by molar-refractivity contribution is 0.164. The Hall–Kier alpha value is -1.43. The van der Waals surface area contributed by atoms with Crippen LogP contribution in [0.15, 0.2) is 6.20 Å². The minimum Gasteiger partial charge on any atom is -0.384 e. The van der Waals surface area contributed by atoms with E-state index in [4.69, 9.17) is 4.74 Å². The molecule has 1 rings (SSSR count). The van der Waals surface area contributed by atoms with Gasteiger partial charge in [0, 0.05) is 20.2 Å². The Morgan fingerprint density at radius 2 is 2.22 bits per heavy atom.